The normalized spacial score (nSPS) is 24.7. The number of rotatable bonds is 4. The summed E-state index contributed by atoms with van der Waals surface area (Å²) < 4.78 is 2.15. The van der Waals surface area contributed by atoms with Crippen molar-refractivity contribution in [3.05, 3.63) is 23.5 Å². The third-order valence-corrected chi connectivity index (χ3v) is 5.01. The fourth-order valence-corrected chi connectivity index (χ4v) is 4.02. The predicted molar refractivity (Wildman–Crippen MR) is 80.8 cm³/mol. The van der Waals surface area contributed by atoms with Crippen LogP contribution < -0.4 is 5.32 Å². The molecule has 0 saturated heterocycles. The van der Waals surface area contributed by atoms with Crippen molar-refractivity contribution in [2.45, 2.75) is 51.5 Å². The Labute approximate surface area is 119 Å². The fourth-order valence-electron chi connectivity index (χ4n) is 3.30. The van der Waals surface area contributed by atoms with Gasteiger partial charge in [-0.2, -0.15) is 0 Å². The van der Waals surface area contributed by atoms with Crippen molar-refractivity contribution >= 4 is 16.3 Å². The lowest BCUT2D eigenvalue weighted by Crippen LogP contribution is -2.36. The molecule has 104 valence electrons. The number of thiazole rings is 1. The summed E-state index contributed by atoms with van der Waals surface area (Å²) in [5.74, 6) is 0.757. The Morgan fingerprint density at radius 2 is 2.26 bits per heavy atom. The number of nitrogens with zero attached hydrogens (tertiary/aromatic N) is 2. The van der Waals surface area contributed by atoms with Gasteiger partial charge in [0.2, 0.25) is 0 Å². The SMILES string of the molecule is CCNC1CCCCCC1Cc1cn2ccsc2n1. The van der Waals surface area contributed by atoms with E-state index >= 15 is 0 Å². The number of aromatic nitrogens is 2. The first-order chi connectivity index (χ1) is 9.36. The maximum absolute atomic E-state index is 4.75. The van der Waals surface area contributed by atoms with Crippen molar-refractivity contribution in [2.24, 2.45) is 5.92 Å². The summed E-state index contributed by atoms with van der Waals surface area (Å²) >= 11 is 1.72. The maximum atomic E-state index is 4.75. The predicted octanol–water partition coefficient (Wildman–Crippen LogP) is 3.50. The molecule has 1 fully saturated rings. The number of hydrogen-bond donors (Lipinski definition) is 1. The Balaban J connectivity index is 1.73. The molecule has 0 aliphatic heterocycles. The van der Waals surface area contributed by atoms with Gasteiger partial charge in [0.15, 0.2) is 4.96 Å². The topological polar surface area (TPSA) is 29.3 Å². The van der Waals surface area contributed by atoms with E-state index in [2.05, 4.69) is 34.4 Å². The summed E-state index contributed by atoms with van der Waals surface area (Å²) in [5.41, 5.74) is 1.27. The zero-order valence-corrected chi connectivity index (χ0v) is 12.5. The molecule has 0 aromatic carbocycles. The van der Waals surface area contributed by atoms with Gasteiger partial charge in [0.25, 0.3) is 0 Å². The molecular weight excluding hydrogens is 254 g/mol. The van der Waals surface area contributed by atoms with Gasteiger partial charge in [0, 0.05) is 23.8 Å². The van der Waals surface area contributed by atoms with Crippen LogP contribution in [0.2, 0.25) is 0 Å². The first kappa shape index (κ1) is 13.1. The maximum Gasteiger partial charge on any atom is 0.193 e. The molecule has 3 nitrogen and oxygen atoms in total. The van der Waals surface area contributed by atoms with Gasteiger partial charge < -0.3 is 5.32 Å². The van der Waals surface area contributed by atoms with E-state index in [9.17, 15) is 0 Å². The number of nitrogens with one attached hydrogen (secondary N) is 1. The molecule has 0 spiro atoms. The Hall–Kier alpha value is -0.870. The highest BCUT2D eigenvalue weighted by atomic mass is 32.1. The first-order valence-electron chi connectivity index (χ1n) is 7.51. The monoisotopic (exact) mass is 277 g/mol. The van der Waals surface area contributed by atoms with Crippen molar-refractivity contribution in [3.63, 3.8) is 0 Å². The molecule has 1 N–H and O–H groups in total. The Morgan fingerprint density at radius 3 is 3.11 bits per heavy atom. The van der Waals surface area contributed by atoms with E-state index in [-0.39, 0.29) is 0 Å². The molecule has 0 radical (unpaired) electrons. The summed E-state index contributed by atoms with van der Waals surface area (Å²) in [6, 6.07) is 0.687. The highest BCUT2D eigenvalue weighted by molar-refractivity contribution is 7.15. The van der Waals surface area contributed by atoms with E-state index in [1.807, 2.05) is 0 Å². The van der Waals surface area contributed by atoms with Crippen molar-refractivity contribution in [1.82, 2.24) is 14.7 Å². The standard InChI is InChI=1S/C15H23N3S/c1-2-16-14-7-5-3-4-6-12(14)10-13-11-18-8-9-19-15(18)17-13/h8-9,11-12,14,16H,2-7,10H2,1H3. The molecule has 1 saturated carbocycles. The second kappa shape index (κ2) is 6.06. The van der Waals surface area contributed by atoms with Crippen LogP contribution in [0.25, 0.3) is 4.96 Å². The molecule has 4 heteroatoms. The van der Waals surface area contributed by atoms with Crippen LogP contribution in [-0.2, 0) is 6.42 Å². The van der Waals surface area contributed by atoms with Crippen molar-refractivity contribution in [2.75, 3.05) is 6.54 Å². The lowest BCUT2D eigenvalue weighted by atomic mass is 9.90. The van der Waals surface area contributed by atoms with Gasteiger partial charge in [0.1, 0.15) is 0 Å². The van der Waals surface area contributed by atoms with Crippen LogP contribution in [-0.4, -0.2) is 22.0 Å². The molecule has 1 aliphatic rings. The minimum Gasteiger partial charge on any atom is -0.314 e. The Morgan fingerprint density at radius 1 is 1.37 bits per heavy atom. The minimum absolute atomic E-state index is 0.687. The van der Waals surface area contributed by atoms with Crippen LogP contribution in [0.5, 0.6) is 0 Å². The van der Waals surface area contributed by atoms with Crippen LogP contribution in [0.4, 0.5) is 0 Å². The number of hydrogen-bond acceptors (Lipinski definition) is 3. The van der Waals surface area contributed by atoms with Gasteiger partial charge >= 0.3 is 0 Å². The van der Waals surface area contributed by atoms with Crippen molar-refractivity contribution in [1.29, 1.82) is 0 Å². The van der Waals surface area contributed by atoms with E-state index < -0.39 is 0 Å². The summed E-state index contributed by atoms with van der Waals surface area (Å²) in [4.78, 5) is 5.87. The molecule has 2 atom stereocenters. The lowest BCUT2D eigenvalue weighted by molar-refractivity contribution is 0.335. The van der Waals surface area contributed by atoms with Gasteiger partial charge in [-0.25, -0.2) is 4.98 Å². The summed E-state index contributed by atoms with van der Waals surface area (Å²) in [5, 5.41) is 5.79. The van der Waals surface area contributed by atoms with Crippen LogP contribution in [0.15, 0.2) is 17.8 Å². The van der Waals surface area contributed by atoms with Gasteiger partial charge in [-0.15, -0.1) is 11.3 Å². The highest BCUT2D eigenvalue weighted by Crippen LogP contribution is 2.27. The van der Waals surface area contributed by atoms with E-state index in [0.29, 0.717) is 6.04 Å². The van der Waals surface area contributed by atoms with Crippen LogP contribution in [0.3, 0.4) is 0 Å². The molecule has 1 aliphatic carbocycles. The summed E-state index contributed by atoms with van der Waals surface area (Å²) in [6.07, 6.45) is 12.3. The summed E-state index contributed by atoms with van der Waals surface area (Å²) in [6.45, 7) is 3.30. The molecule has 3 rings (SSSR count). The third-order valence-electron chi connectivity index (χ3n) is 4.24. The van der Waals surface area contributed by atoms with E-state index in [0.717, 1.165) is 23.8 Å². The first-order valence-corrected chi connectivity index (χ1v) is 8.39. The second-order valence-electron chi connectivity index (χ2n) is 5.59. The molecule has 2 aromatic rings. The molecule has 19 heavy (non-hydrogen) atoms. The molecule has 0 amide bonds. The van der Waals surface area contributed by atoms with Crippen LogP contribution >= 0.6 is 11.3 Å². The second-order valence-corrected chi connectivity index (χ2v) is 6.46. The highest BCUT2D eigenvalue weighted by Gasteiger charge is 2.24. The number of fused-ring (bicyclic) bond motifs is 1. The van der Waals surface area contributed by atoms with Crippen LogP contribution in [0.1, 0.15) is 44.7 Å². The van der Waals surface area contributed by atoms with E-state index in [1.54, 1.807) is 11.3 Å². The number of imidazole rings is 1. The van der Waals surface area contributed by atoms with Crippen molar-refractivity contribution in [3.8, 4) is 0 Å². The minimum atomic E-state index is 0.687. The van der Waals surface area contributed by atoms with Gasteiger partial charge in [-0.05, 0) is 31.7 Å². The molecule has 2 unspecified atom stereocenters. The average molecular weight is 277 g/mol. The molecular formula is C15H23N3S. The largest absolute Gasteiger partial charge is 0.314 e. The zero-order chi connectivity index (χ0) is 13.1. The average Bonchev–Trinajstić information content (AvgIpc) is 2.89. The smallest absolute Gasteiger partial charge is 0.193 e. The van der Waals surface area contributed by atoms with Gasteiger partial charge in [0.05, 0.1) is 5.69 Å². The molecule has 2 aromatic heterocycles. The van der Waals surface area contributed by atoms with Crippen molar-refractivity contribution < 1.29 is 0 Å². The summed E-state index contributed by atoms with van der Waals surface area (Å²) in [7, 11) is 0. The molecule has 0 bridgehead atoms. The van der Waals surface area contributed by atoms with Gasteiger partial charge in [-0.3, -0.25) is 4.40 Å². The van der Waals surface area contributed by atoms with E-state index in [4.69, 9.17) is 4.98 Å². The fraction of sp³-hybridized carbons (Fsp3) is 0.667. The van der Waals surface area contributed by atoms with E-state index in [1.165, 1.54) is 37.8 Å². The molecule has 2 heterocycles. The lowest BCUT2D eigenvalue weighted by Gasteiger charge is -2.25. The quantitative estimate of drug-likeness (QED) is 0.867. The Bertz CT molecular complexity index is 488. The third kappa shape index (κ3) is 3.00. The Kier molecular flexibility index (Phi) is 4.18. The zero-order valence-electron chi connectivity index (χ0n) is 11.6. The van der Waals surface area contributed by atoms with Crippen LogP contribution in [0, 0.1) is 5.92 Å². The van der Waals surface area contributed by atoms with Gasteiger partial charge in [-0.1, -0.05) is 26.2 Å².